The summed E-state index contributed by atoms with van der Waals surface area (Å²) in [6.07, 6.45) is 7.03. The number of hydrogen-bond acceptors (Lipinski definition) is 1. The monoisotopic (exact) mass is 245 g/mol. The van der Waals surface area contributed by atoms with Crippen molar-refractivity contribution in [3.8, 4) is 0 Å². The average molecular weight is 245 g/mol. The molecule has 0 N–H and O–H groups in total. The van der Waals surface area contributed by atoms with Crippen LogP contribution in [0.4, 0.5) is 0 Å². The molecule has 2 heteroatoms. The van der Waals surface area contributed by atoms with E-state index in [1.165, 1.54) is 11.1 Å². The first-order chi connectivity index (χ1) is 8.85. The van der Waals surface area contributed by atoms with Crippen LogP contribution in [0.15, 0.2) is 24.3 Å². The normalized spacial score (nSPS) is 23.8. The molecule has 0 heterocycles. The van der Waals surface area contributed by atoms with Crippen molar-refractivity contribution in [2.24, 2.45) is 5.92 Å². The lowest BCUT2D eigenvalue weighted by Crippen LogP contribution is -2.15. The number of carbonyl (C=O) groups is 1. The Labute approximate surface area is 109 Å². The van der Waals surface area contributed by atoms with Gasteiger partial charge in [0, 0.05) is 6.42 Å². The van der Waals surface area contributed by atoms with Crippen molar-refractivity contribution in [3.05, 3.63) is 35.4 Å². The Hall–Kier alpha value is -1.15. The molecule has 0 atom stereocenters. The van der Waals surface area contributed by atoms with Crippen LogP contribution < -0.4 is 0 Å². The highest BCUT2D eigenvalue weighted by molar-refractivity contribution is 5.49. The van der Waals surface area contributed by atoms with Crippen LogP contribution in [0.25, 0.3) is 0 Å². The van der Waals surface area contributed by atoms with Gasteiger partial charge in [-0.15, -0.1) is 0 Å². The van der Waals surface area contributed by atoms with Gasteiger partial charge >= 0.3 is 0 Å². The third-order valence-electron chi connectivity index (χ3n) is 4.14. The van der Waals surface area contributed by atoms with Crippen molar-refractivity contribution in [1.29, 1.82) is 0 Å². The molecular formula is C16H21O2. The topological polar surface area (TPSA) is 37.0 Å². The smallest absolute Gasteiger partial charge is 0.120 e. The van der Waals surface area contributed by atoms with Gasteiger partial charge in [0.05, 0.1) is 6.61 Å². The van der Waals surface area contributed by atoms with Crippen LogP contribution in [0.5, 0.6) is 0 Å². The van der Waals surface area contributed by atoms with E-state index in [-0.39, 0.29) is 6.61 Å². The van der Waals surface area contributed by atoms with E-state index in [4.69, 9.17) is 0 Å². The molecule has 2 nitrogen and oxygen atoms in total. The number of benzene rings is 1. The summed E-state index contributed by atoms with van der Waals surface area (Å²) in [7, 11) is 0. The van der Waals surface area contributed by atoms with Crippen molar-refractivity contribution in [1.82, 2.24) is 0 Å². The average Bonchev–Trinajstić information content (AvgIpc) is 2.41. The predicted molar refractivity (Wildman–Crippen MR) is 71.1 cm³/mol. The molecule has 2 rings (SSSR count). The highest BCUT2D eigenvalue weighted by Gasteiger charge is 2.23. The Morgan fingerprint density at radius 3 is 2.50 bits per heavy atom. The van der Waals surface area contributed by atoms with Gasteiger partial charge in [-0.2, -0.15) is 0 Å². The fourth-order valence-corrected chi connectivity index (χ4v) is 3.12. The SMILES string of the molecule is [O]CCc1ccccc1C1CCC(CC=O)CC1. The zero-order valence-corrected chi connectivity index (χ0v) is 10.8. The highest BCUT2D eigenvalue weighted by atomic mass is 16.2. The molecule has 1 aromatic carbocycles. The summed E-state index contributed by atoms with van der Waals surface area (Å²) in [5.74, 6) is 1.18. The molecule has 0 bridgehead atoms. The lowest BCUT2D eigenvalue weighted by atomic mass is 9.76. The largest absolute Gasteiger partial charge is 0.303 e. The zero-order chi connectivity index (χ0) is 12.8. The van der Waals surface area contributed by atoms with E-state index in [0.717, 1.165) is 38.4 Å². The minimum Gasteiger partial charge on any atom is -0.303 e. The van der Waals surface area contributed by atoms with Crippen LogP contribution in [-0.4, -0.2) is 12.9 Å². The van der Waals surface area contributed by atoms with E-state index in [2.05, 4.69) is 18.2 Å². The van der Waals surface area contributed by atoms with Crippen LogP contribution in [0.3, 0.4) is 0 Å². The van der Waals surface area contributed by atoms with Gasteiger partial charge in [0.1, 0.15) is 6.29 Å². The molecule has 1 aliphatic carbocycles. The van der Waals surface area contributed by atoms with Gasteiger partial charge in [-0.3, -0.25) is 0 Å². The van der Waals surface area contributed by atoms with Gasteiger partial charge in [-0.05, 0) is 55.1 Å². The van der Waals surface area contributed by atoms with E-state index < -0.39 is 0 Å². The minimum absolute atomic E-state index is 0.0303. The maximum Gasteiger partial charge on any atom is 0.120 e. The molecule has 1 aliphatic rings. The van der Waals surface area contributed by atoms with Crippen molar-refractivity contribution in [2.45, 2.75) is 44.4 Å². The van der Waals surface area contributed by atoms with Gasteiger partial charge in [0.25, 0.3) is 0 Å². The number of aldehydes is 1. The second-order valence-electron chi connectivity index (χ2n) is 5.27. The molecule has 0 unspecified atom stereocenters. The van der Waals surface area contributed by atoms with Gasteiger partial charge in [0.15, 0.2) is 0 Å². The molecule has 1 fully saturated rings. The van der Waals surface area contributed by atoms with Crippen molar-refractivity contribution in [3.63, 3.8) is 0 Å². The summed E-state index contributed by atoms with van der Waals surface area (Å²) in [5, 5.41) is 10.8. The molecule has 1 saturated carbocycles. The Kier molecular flexibility index (Phi) is 4.94. The van der Waals surface area contributed by atoms with Crippen LogP contribution in [0, 0.1) is 5.92 Å². The first-order valence-corrected chi connectivity index (χ1v) is 6.94. The Balaban J connectivity index is 2.02. The highest BCUT2D eigenvalue weighted by Crippen LogP contribution is 2.38. The molecule has 97 valence electrons. The van der Waals surface area contributed by atoms with Gasteiger partial charge in [-0.25, -0.2) is 5.11 Å². The molecular weight excluding hydrogens is 224 g/mol. The number of hydrogen-bond donors (Lipinski definition) is 0. The first-order valence-electron chi connectivity index (χ1n) is 6.94. The summed E-state index contributed by atoms with van der Waals surface area (Å²) in [6, 6.07) is 8.36. The number of rotatable bonds is 5. The molecule has 18 heavy (non-hydrogen) atoms. The summed E-state index contributed by atoms with van der Waals surface area (Å²) in [4.78, 5) is 10.5. The fraction of sp³-hybridized carbons (Fsp3) is 0.562. The lowest BCUT2D eigenvalue weighted by molar-refractivity contribution is -0.108. The van der Waals surface area contributed by atoms with Gasteiger partial charge in [-0.1, -0.05) is 24.3 Å². The van der Waals surface area contributed by atoms with Crippen molar-refractivity contribution in [2.75, 3.05) is 6.61 Å². The van der Waals surface area contributed by atoms with E-state index >= 15 is 0 Å². The van der Waals surface area contributed by atoms with Gasteiger partial charge in [0.2, 0.25) is 0 Å². The van der Waals surface area contributed by atoms with Crippen LogP contribution >= 0.6 is 0 Å². The Morgan fingerprint density at radius 1 is 1.11 bits per heavy atom. The minimum atomic E-state index is -0.0303. The van der Waals surface area contributed by atoms with E-state index in [1.807, 2.05) is 6.07 Å². The second-order valence-corrected chi connectivity index (χ2v) is 5.27. The Bertz CT molecular complexity index is 378. The van der Waals surface area contributed by atoms with E-state index in [1.54, 1.807) is 0 Å². The molecule has 1 radical (unpaired) electrons. The quantitative estimate of drug-likeness (QED) is 0.731. The molecule has 0 saturated heterocycles. The van der Waals surface area contributed by atoms with Crippen LogP contribution in [0.2, 0.25) is 0 Å². The Morgan fingerprint density at radius 2 is 1.83 bits per heavy atom. The summed E-state index contributed by atoms with van der Waals surface area (Å²) in [5.41, 5.74) is 2.60. The number of carbonyl (C=O) groups excluding carboxylic acids is 1. The van der Waals surface area contributed by atoms with Crippen molar-refractivity contribution >= 4 is 6.29 Å². The third kappa shape index (κ3) is 3.20. The van der Waals surface area contributed by atoms with E-state index in [9.17, 15) is 9.90 Å². The maximum atomic E-state index is 10.8. The van der Waals surface area contributed by atoms with Crippen LogP contribution in [0.1, 0.15) is 49.1 Å². The fourth-order valence-electron chi connectivity index (χ4n) is 3.12. The molecule has 0 amide bonds. The summed E-state index contributed by atoms with van der Waals surface area (Å²) < 4.78 is 0. The molecule has 1 aromatic rings. The molecule has 0 spiro atoms. The third-order valence-corrected chi connectivity index (χ3v) is 4.14. The summed E-state index contributed by atoms with van der Waals surface area (Å²) >= 11 is 0. The van der Waals surface area contributed by atoms with Crippen molar-refractivity contribution < 1.29 is 9.90 Å². The maximum absolute atomic E-state index is 10.8. The molecule has 0 aliphatic heterocycles. The van der Waals surface area contributed by atoms with Gasteiger partial charge < -0.3 is 4.79 Å². The molecule has 0 aromatic heterocycles. The standard InChI is InChI=1S/C16H21O2/c17-11-9-13-5-7-15(8-6-13)16-4-2-1-3-14(16)10-12-18/h1-4,11,13,15H,5-10,12H2. The predicted octanol–water partition coefficient (Wildman–Crippen LogP) is 3.52. The zero-order valence-electron chi connectivity index (χ0n) is 10.8. The van der Waals surface area contributed by atoms with E-state index in [0.29, 0.717) is 18.3 Å². The summed E-state index contributed by atoms with van der Waals surface area (Å²) in [6.45, 7) is -0.0303. The van der Waals surface area contributed by atoms with Crippen LogP contribution in [-0.2, 0) is 16.3 Å². The second kappa shape index (κ2) is 6.69. The lowest BCUT2D eigenvalue weighted by Gasteiger charge is -2.29. The first kappa shape index (κ1) is 13.3.